The van der Waals surface area contributed by atoms with Crippen LogP contribution < -0.4 is 10.6 Å². The number of nitrogens with one attached hydrogen (secondary N) is 2. The molecule has 0 saturated heterocycles. The van der Waals surface area contributed by atoms with Crippen LogP contribution >= 0.6 is 12.4 Å². The minimum atomic E-state index is 0. The molecule has 1 aliphatic carbocycles. The average molecular weight is 269 g/mol. The van der Waals surface area contributed by atoms with Gasteiger partial charge in [0.15, 0.2) is 0 Å². The zero-order valence-electron chi connectivity index (χ0n) is 10.9. The molecule has 1 aliphatic rings. The maximum Gasteiger partial charge on any atom is 0.227 e. The lowest BCUT2D eigenvalue weighted by atomic mass is 10.1. The Kier molecular flexibility index (Phi) is 5.63. The number of carbonyl (C=O) groups is 1. The summed E-state index contributed by atoms with van der Waals surface area (Å²) in [6.07, 6.45) is 2.41. The maximum absolute atomic E-state index is 11.9. The van der Waals surface area contributed by atoms with Crippen molar-refractivity contribution in [1.82, 2.24) is 5.32 Å². The summed E-state index contributed by atoms with van der Waals surface area (Å²) in [4.78, 5) is 11.9. The van der Waals surface area contributed by atoms with Crippen molar-refractivity contribution in [2.24, 2.45) is 11.8 Å². The molecule has 1 aromatic carbocycles. The molecule has 1 unspecified atom stereocenters. The summed E-state index contributed by atoms with van der Waals surface area (Å²) in [5.74, 6) is 0.896. The van der Waals surface area contributed by atoms with E-state index in [9.17, 15) is 4.79 Å². The van der Waals surface area contributed by atoms with E-state index < -0.39 is 0 Å². The molecule has 18 heavy (non-hydrogen) atoms. The van der Waals surface area contributed by atoms with Crippen molar-refractivity contribution in [2.75, 3.05) is 12.4 Å². The van der Waals surface area contributed by atoms with Crippen molar-refractivity contribution < 1.29 is 4.79 Å². The Bertz CT molecular complexity index is 405. The molecule has 2 N–H and O–H groups in total. The summed E-state index contributed by atoms with van der Waals surface area (Å²) < 4.78 is 0. The lowest BCUT2D eigenvalue weighted by molar-refractivity contribution is -0.119. The lowest BCUT2D eigenvalue weighted by Crippen LogP contribution is -2.21. The Labute approximate surface area is 115 Å². The lowest BCUT2D eigenvalue weighted by Gasteiger charge is -2.11. The average Bonchev–Trinajstić information content (AvgIpc) is 3.13. The van der Waals surface area contributed by atoms with Crippen molar-refractivity contribution in [3.63, 3.8) is 0 Å². The first-order valence-electron chi connectivity index (χ1n) is 6.25. The maximum atomic E-state index is 11.9. The van der Waals surface area contributed by atoms with Gasteiger partial charge in [-0.05, 0) is 43.5 Å². The van der Waals surface area contributed by atoms with Gasteiger partial charge in [-0.15, -0.1) is 12.4 Å². The van der Waals surface area contributed by atoms with Crippen molar-refractivity contribution >= 4 is 24.0 Å². The molecule has 0 radical (unpaired) electrons. The molecule has 0 bridgehead atoms. The summed E-state index contributed by atoms with van der Waals surface area (Å²) in [5, 5.41) is 6.10. The van der Waals surface area contributed by atoms with Gasteiger partial charge in [-0.25, -0.2) is 0 Å². The standard InChI is InChI=1S/C14H20N2O.ClH/c1-10(12-6-7-12)14(17)16-13-5-3-4-11(8-13)9-15-2;/h3-5,8,10,12,15H,6-7,9H2,1-2H3,(H,16,17);1H. The normalized spacial score (nSPS) is 15.7. The Morgan fingerprint density at radius 1 is 1.44 bits per heavy atom. The van der Waals surface area contributed by atoms with Gasteiger partial charge in [-0.3, -0.25) is 4.79 Å². The number of rotatable bonds is 5. The molecule has 0 aromatic heterocycles. The fourth-order valence-electron chi connectivity index (χ4n) is 2.03. The van der Waals surface area contributed by atoms with Crippen molar-refractivity contribution in [1.29, 1.82) is 0 Å². The van der Waals surface area contributed by atoms with Gasteiger partial charge in [0.25, 0.3) is 0 Å². The van der Waals surface area contributed by atoms with Gasteiger partial charge < -0.3 is 10.6 Å². The van der Waals surface area contributed by atoms with E-state index >= 15 is 0 Å². The monoisotopic (exact) mass is 268 g/mol. The molecule has 1 saturated carbocycles. The van der Waals surface area contributed by atoms with E-state index in [0.29, 0.717) is 5.92 Å². The van der Waals surface area contributed by atoms with Crippen LogP contribution in [0.4, 0.5) is 5.69 Å². The van der Waals surface area contributed by atoms with Gasteiger partial charge >= 0.3 is 0 Å². The predicted octanol–water partition coefficient (Wildman–Crippen LogP) is 2.81. The number of carbonyl (C=O) groups excluding carboxylic acids is 1. The van der Waals surface area contributed by atoms with E-state index in [1.165, 1.54) is 18.4 Å². The summed E-state index contributed by atoms with van der Waals surface area (Å²) in [7, 11) is 1.92. The van der Waals surface area contributed by atoms with Crippen molar-refractivity contribution in [2.45, 2.75) is 26.3 Å². The molecule has 3 nitrogen and oxygen atoms in total. The first-order chi connectivity index (χ1) is 8.20. The van der Waals surface area contributed by atoms with Crippen LogP contribution in [-0.2, 0) is 11.3 Å². The highest BCUT2D eigenvalue weighted by atomic mass is 35.5. The quantitative estimate of drug-likeness (QED) is 0.862. The third kappa shape index (κ3) is 4.00. The van der Waals surface area contributed by atoms with E-state index in [2.05, 4.69) is 16.7 Å². The number of benzene rings is 1. The van der Waals surface area contributed by atoms with E-state index in [1.807, 2.05) is 32.2 Å². The highest BCUT2D eigenvalue weighted by molar-refractivity contribution is 5.92. The van der Waals surface area contributed by atoms with E-state index in [1.54, 1.807) is 0 Å². The second-order valence-corrected chi connectivity index (χ2v) is 4.85. The number of hydrogen-bond donors (Lipinski definition) is 2. The summed E-state index contributed by atoms with van der Waals surface area (Å²) in [6, 6.07) is 7.99. The van der Waals surface area contributed by atoms with Gasteiger partial charge in [-0.1, -0.05) is 19.1 Å². The Balaban J connectivity index is 0.00000162. The highest BCUT2D eigenvalue weighted by Crippen LogP contribution is 2.37. The molecule has 0 spiro atoms. The van der Waals surface area contributed by atoms with Crippen LogP contribution in [0.3, 0.4) is 0 Å². The molecule has 1 fully saturated rings. The summed E-state index contributed by atoms with van der Waals surface area (Å²) in [5.41, 5.74) is 2.08. The van der Waals surface area contributed by atoms with Gasteiger partial charge in [0.2, 0.25) is 5.91 Å². The van der Waals surface area contributed by atoms with Crippen LogP contribution in [0.2, 0.25) is 0 Å². The van der Waals surface area contributed by atoms with Gasteiger partial charge in [0.05, 0.1) is 0 Å². The predicted molar refractivity (Wildman–Crippen MR) is 77.0 cm³/mol. The van der Waals surface area contributed by atoms with Crippen LogP contribution in [0, 0.1) is 11.8 Å². The van der Waals surface area contributed by atoms with Crippen LogP contribution in [0.15, 0.2) is 24.3 Å². The molecule has 0 heterocycles. The van der Waals surface area contributed by atoms with Crippen LogP contribution in [-0.4, -0.2) is 13.0 Å². The van der Waals surface area contributed by atoms with E-state index in [-0.39, 0.29) is 24.2 Å². The summed E-state index contributed by atoms with van der Waals surface area (Å²) >= 11 is 0. The molecule has 100 valence electrons. The van der Waals surface area contributed by atoms with E-state index in [0.717, 1.165) is 12.2 Å². The van der Waals surface area contributed by atoms with Crippen LogP contribution in [0.5, 0.6) is 0 Å². The molecule has 1 aromatic rings. The Morgan fingerprint density at radius 3 is 2.78 bits per heavy atom. The molecule has 4 heteroatoms. The second-order valence-electron chi connectivity index (χ2n) is 4.85. The SMILES string of the molecule is CNCc1cccc(NC(=O)C(C)C2CC2)c1.Cl. The fourth-order valence-corrected chi connectivity index (χ4v) is 2.03. The molecular weight excluding hydrogens is 248 g/mol. The zero-order chi connectivity index (χ0) is 12.3. The third-order valence-electron chi connectivity index (χ3n) is 3.32. The molecule has 0 aliphatic heterocycles. The Morgan fingerprint density at radius 2 is 2.17 bits per heavy atom. The smallest absolute Gasteiger partial charge is 0.227 e. The zero-order valence-corrected chi connectivity index (χ0v) is 11.7. The van der Waals surface area contributed by atoms with Gasteiger partial charge in [-0.2, -0.15) is 0 Å². The number of halogens is 1. The van der Waals surface area contributed by atoms with Crippen LogP contribution in [0.1, 0.15) is 25.3 Å². The first kappa shape index (κ1) is 15.0. The first-order valence-corrected chi connectivity index (χ1v) is 6.25. The van der Waals surface area contributed by atoms with Crippen LogP contribution in [0.25, 0.3) is 0 Å². The second kappa shape index (κ2) is 6.76. The van der Waals surface area contributed by atoms with Crippen molar-refractivity contribution in [3.8, 4) is 0 Å². The Hall–Kier alpha value is -1.06. The van der Waals surface area contributed by atoms with Crippen molar-refractivity contribution in [3.05, 3.63) is 29.8 Å². The molecule has 1 atom stereocenters. The molecular formula is C14H21ClN2O. The fraction of sp³-hybridized carbons (Fsp3) is 0.500. The van der Waals surface area contributed by atoms with Gasteiger partial charge in [0.1, 0.15) is 0 Å². The largest absolute Gasteiger partial charge is 0.326 e. The number of hydrogen-bond acceptors (Lipinski definition) is 2. The topological polar surface area (TPSA) is 41.1 Å². The summed E-state index contributed by atoms with van der Waals surface area (Å²) in [6.45, 7) is 2.84. The minimum absolute atomic E-state index is 0. The third-order valence-corrected chi connectivity index (χ3v) is 3.32. The highest BCUT2D eigenvalue weighted by Gasteiger charge is 2.32. The molecule has 2 rings (SSSR count). The number of anilines is 1. The van der Waals surface area contributed by atoms with Gasteiger partial charge in [0, 0.05) is 18.2 Å². The minimum Gasteiger partial charge on any atom is -0.326 e. The number of amides is 1. The van der Waals surface area contributed by atoms with E-state index in [4.69, 9.17) is 0 Å². The molecule has 1 amide bonds.